The molecular weight excluding hydrogens is 256 g/mol. The molecule has 3 fully saturated rings. The van der Waals surface area contributed by atoms with Gasteiger partial charge in [-0.3, -0.25) is 0 Å². The Hall–Kier alpha value is -0.300. The number of ether oxygens (including phenoxy) is 1. The topological polar surface area (TPSA) is 9.23 Å². The summed E-state index contributed by atoms with van der Waals surface area (Å²) in [5.74, 6) is 5.08. The summed E-state index contributed by atoms with van der Waals surface area (Å²) in [6, 6.07) is 0. The Bertz CT molecular complexity index is 439. The van der Waals surface area contributed by atoms with Crippen LogP contribution in [-0.4, -0.2) is 13.2 Å². The molecule has 4 aliphatic rings. The van der Waals surface area contributed by atoms with Crippen molar-refractivity contribution in [1.82, 2.24) is 0 Å². The smallest absolute Gasteiger partial charge is 0.0608 e. The third-order valence-electron chi connectivity index (χ3n) is 8.07. The maximum atomic E-state index is 5.66. The fourth-order valence-corrected chi connectivity index (χ4v) is 6.77. The van der Waals surface area contributed by atoms with Crippen LogP contribution >= 0.6 is 0 Å². The van der Waals surface area contributed by atoms with E-state index in [1.54, 1.807) is 5.57 Å². The van der Waals surface area contributed by atoms with Crippen LogP contribution in [-0.2, 0) is 4.74 Å². The minimum atomic E-state index is 0.490. The van der Waals surface area contributed by atoms with E-state index in [9.17, 15) is 0 Å². The number of methoxy groups -OCH3 is 1. The molecule has 0 N–H and O–H groups in total. The number of rotatable bonds is 1. The molecule has 0 saturated heterocycles. The van der Waals surface area contributed by atoms with Crippen molar-refractivity contribution in [3.8, 4) is 0 Å². The summed E-state index contributed by atoms with van der Waals surface area (Å²) in [7, 11) is 1.89. The van der Waals surface area contributed by atoms with Crippen molar-refractivity contribution in [3.63, 3.8) is 0 Å². The highest BCUT2D eigenvalue weighted by Gasteiger charge is 2.53. The summed E-state index contributed by atoms with van der Waals surface area (Å²) in [5, 5.41) is 0. The van der Waals surface area contributed by atoms with Crippen molar-refractivity contribution in [3.05, 3.63) is 11.6 Å². The summed E-state index contributed by atoms with van der Waals surface area (Å²) in [5.41, 5.74) is 2.26. The predicted molar refractivity (Wildman–Crippen MR) is 87.0 cm³/mol. The van der Waals surface area contributed by atoms with E-state index >= 15 is 0 Å². The van der Waals surface area contributed by atoms with E-state index in [-0.39, 0.29) is 0 Å². The Morgan fingerprint density at radius 3 is 2.67 bits per heavy atom. The summed E-state index contributed by atoms with van der Waals surface area (Å²) in [6.07, 6.45) is 14.4. The second-order valence-electron chi connectivity index (χ2n) is 8.71. The van der Waals surface area contributed by atoms with Gasteiger partial charge in [0, 0.05) is 7.11 Å². The molecule has 0 heterocycles. The van der Waals surface area contributed by atoms with Gasteiger partial charge in [-0.1, -0.05) is 31.9 Å². The van der Waals surface area contributed by atoms with Gasteiger partial charge in [-0.05, 0) is 80.0 Å². The van der Waals surface area contributed by atoms with Gasteiger partial charge < -0.3 is 4.74 Å². The van der Waals surface area contributed by atoms with Gasteiger partial charge in [0.2, 0.25) is 0 Å². The number of allylic oxidation sites excluding steroid dienone is 1. The highest BCUT2D eigenvalue weighted by atomic mass is 16.5. The Labute approximate surface area is 130 Å². The third-order valence-corrected chi connectivity index (χ3v) is 8.07. The van der Waals surface area contributed by atoms with Crippen molar-refractivity contribution >= 4 is 0 Å². The fraction of sp³-hybridized carbons (Fsp3) is 0.900. The van der Waals surface area contributed by atoms with Crippen LogP contribution in [0.4, 0.5) is 0 Å². The fourth-order valence-electron chi connectivity index (χ4n) is 6.77. The molecule has 0 aliphatic heterocycles. The quantitative estimate of drug-likeness (QED) is 0.602. The van der Waals surface area contributed by atoms with E-state index < -0.39 is 0 Å². The van der Waals surface area contributed by atoms with Gasteiger partial charge in [-0.25, -0.2) is 0 Å². The second-order valence-corrected chi connectivity index (χ2v) is 8.71. The van der Waals surface area contributed by atoms with Crippen LogP contribution in [0.5, 0.6) is 0 Å². The van der Waals surface area contributed by atoms with Crippen LogP contribution in [0.25, 0.3) is 0 Å². The van der Waals surface area contributed by atoms with Gasteiger partial charge in [0.05, 0.1) is 6.10 Å². The first kappa shape index (κ1) is 14.3. The molecule has 7 atom stereocenters. The van der Waals surface area contributed by atoms with Gasteiger partial charge in [0.25, 0.3) is 0 Å². The lowest BCUT2D eigenvalue weighted by Crippen LogP contribution is -2.47. The zero-order chi connectivity index (χ0) is 14.6. The zero-order valence-electron chi connectivity index (χ0n) is 14.1. The van der Waals surface area contributed by atoms with Crippen molar-refractivity contribution in [2.75, 3.05) is 7.11 Å². The van der Waals surface area contributed by atoms with E-state index in [1.165, 1.54) is 51.4 Å². The maximum Gasteiger partial charge on any atom is 0.0608 e. The molecule has 21 heavy (non-hydrogen) atoms. The lowest BCUT2D eigenvalue weighted by molar-refractivity contribution is -0.0187. The van der Waals surface area contributed by atoms with Crippen molar-refractivity contribution in [2.45, 2.75) is 71.3 Å². The molecule has 4 aliphatic carbocycles. The van der Waals surface area contributed by atoms with Crippen LogP contribution in [0.1, 0.15) is 65.2 Å². The van der Waals surface area contributed by atoms with E-state index in [2.05, 4.69) is 19.9 Å². The molecular formula is C20H32O. The molecule has 0 radical (unpaired) electrons. The minimum absolute atomic E-state index is 0.490. The molecule has 4 rings (SSSR count). The monoisotopic (exact) mass is 288 g/mol. The van der Waals surface area contributed by atoms with Crippen molar-refractivity contribution in [1.29, 1.82) is 0 Å². The Kier molecular flexibility index (Phi) is 3.48. The number of hydrogen-bond acceptors (Lipinski definition) is 1. The lowest BCUT2D eigenvalue weighted by Gasteiger charge is -2.55. The molecule has 118 valence electrons. The van der Waals surface area contributed by atoms with Crippen LogP contribution in [0.15, 0.2) is 11.6 Å². The van der Waals surface area contributed by atoms with E-state index in [1.807, 2.05) is 7.11 Å². The van der Waals surface area contributed by atoms with Crippen LogP contribution in [0.3, 0.4) is 0 Å². The molecule has 0 aromatic heterocycles. The van der Waals surface area contributed by atoms with Gasteiger partial charge in [0.15, 0.2) is 0 Å². The Morgan fingerprint density at radius 1 is 1.05 bits per heavy atom. The molecule has 0 aromatic carbocycles. The molecule has 3 saturated carbocycles. The molecule has 0 aromatic rings. The molecule has 7 unspecified atom stereocenters. The SMILES string of the molecule is COC1CCC2(C)C(=CCC3C4CCC(C)C4CCC32)C1. The second kappa shape index (κ2) is 5.11. The van der Waals surface area contributed by atoms with Crippen LogP contribution < -0.4 is 0 Å². The van der Waals surface area contributed by atoms with E-state index in [0.29, 0.717) is 11.5 Å². The molecule has 1 nitrogen and oxygen atoms in total. The summed E-state index contributed by atoms with van der Waals surface area (Å²) in [4.78, 5) is 0. The van der Waals surface area contributed by atoms with Gasteiger partial charge >= 0.3 is 0 Å². The Balaban J connectivity index is 1.61. The van der Waals surface area contributed by atoms with E-state index in [0.717, 1.165) is 29.6 Å². The number of hydrogen-bond donors (Lipinski definition) is 0. The summed E-state index contributed by atoms with van der Waals surface area (Å²) >= 11 is 0. The maximum absolute atomic E-state index is 5.66. The highest BCUT2D eigenvalue weighted by molar-refractivity contribution is 5.24. The average Bonchev–Trinajstić information content (AvgIpc) is 2.88. The highest BCUT2D eigenvalue weighted by Crippen LogP contribution is 2.62. The predicted octanol–water partition coefficient (Wildman–Crippen LogP) is 5.21. The van der Waals surface area contributed by atoms with Gasteiger partial charge in [-0.2, -0.15) is 0 Å². The normalized spacial score (nSPS) is 52.6. The van der Waals surface area contributed by atoms with Crippen LogP contribution in [0, 0.1) is 35.0 Å². The van der Waals surface area contributed by atoms with E-state index in [4.69, 9.17) is 4.74 Å². The zero-order valence-corrected chi connectivity index (χ0v) is 14.1. The molecule has 0 spiro atoms. The van der Waals surface area contributed by atoms with Gasteiger partial charge in [-0.15, -0.1) is 0 Å². The van der Waals surface area contributed by atoms with Crippen LogP contribution in [0.2, 0.25) is 0 Å². The molecule has 1 heteroatoms. The average molecular weight is 288 g/mol. The molecule has 0 bridgehead atoms. The van der Waals surface area contributed by atoms with Crippen molar-refractivity contribution < 1.29 is 4.74 Å². The first-order valence-corrected chi connectivity index (χ1v) is 9.36. The standard InChI is InChI=1S/C20H32O/c1-13-4-6-17-16(13)8-9-19-18(17)7-5-14-12-15(21-3)10-11-20(14,19)2/h5,13,15-19H,4,6-12H2,1-3H3. The van der Waals surface area contributed by atoms with Crippen molar-refractivity contribution in [2.24, 2.45) is 35.0 Å². The number of fused-ring (bicyclic) bond motifs is 5. The first-order valence-electron chi connectivity index (χ1n) is 9.36. The summed E-state index contributed by atoms with van der Waals surface area (Å²) in [6.45, 7) is 5.11. The third kappa shape index (κ3) is 2.06. The lowest BCUT2D eigenvalue weighted by atomic mass is 9.50. The van der Waals surface area contributed by atoms with Gasteiger partial charge in [0.1, 0.15) is 0 Å². The molecule has 0 amide bonds. The summed E-state index contributed by atoms with van der Waals surface area (Å²) < 4.78 is 5.66. The first-order chi connectivity index (χ1) is 10.1. The largest absolute Gasteiger partial charge is 0.381 e. The Morgan fingerprint density at radius 2 is 1.86 bits per heavy atom. The minimum Gasteiger partial charge on any atom is -0.381 e.